The highest BCUT2D eigenvalue weighted by Gasteiger charge is 2.43. The lowest BCUT2D eigenvalue weighted by Gasteiger charge is -2.20. The fraction of sp³-hybridized carbons (Fsp3) is 0.545. The molecule has 5 nitrogen and oxygen atoms in total. The molecule has 3 aliphatic rings. The summed E-state index contributed by atoms with van der Waals surface area (Å²) in [5.41, 5.74) is 2.88. The molecule has 1 aliphatic heterocycles. The van der Waals surface area contributed by atoms with E-state index >= 15 is 0 Å². The third-order valence-electron chi connectivity index (χ3n) is 5.71. The zero-order valence-electron chi connectivity index (χ0n) is 16.8. The van der Waals surface area contributed by atoms with Crippen molar-refractivity contribution in [1.82, 2.24) is 10.6 Å². The molecule has 4 rings (SSSR count). The summed E-state index contributed by atoms with van der Waals surface area (Å²) < 4.78 is 4.65. The smallest absolute Gasteiger partial charge is 0.337 e. The Hall–Kier alpha value is -1.98. The first-order valence-corrected chi connectivity index (χ1v) is 9.50. The van der Waals surface area contributed by atoms with Crippen LogP contribution in [0.25, 0.3) is 0 Å². The van der Waals surface area contributed by atoms with Crippen LogP contribution in [-0.4, -0.2) is 40.0 Å². The molecular weight excluding hydrogens is 340 g/mol. The molecule has 150 valence electrons. The van der Waals surface area contributed by atoms with Gasteiger partial charge in [-0.1, -0.05) is 12.1 Å². The number of methoxy groups -OCH3 is 1. The molecular formula is C22H34N2O3. The lowest BCUT2D eigenvalue weighted by molar-refractivity contribution is -0.0980. The number of hydrogen-bond donors (Lipinski definition) is 2. The van der Waals surface area contributed by atoms with E-state index in [2.05, 4.69) is 28.5 Å². The summed E-state index contributed by atoms with van der Waals surface area (Å²) in [6.45, 7) is 10.6. The highest BCUT2D eigenvalue weighted by atomic mass is 16.5. The van der Waals surface area contributed by atoms with E-state index in [0.29, 0.717) is 5.56 Å². The van der Waals surface area contributed by atoms with Crippen LogP contribution in [0.2, 0.25) is 0 Å². The Morgan fingerprint density at radius 3 is 1.85 bits per heavy atom. The van der Waals surface area contributed by atoms with Crippen molar-refractivity contribution in [3.8, 4) is 0 Å². The molecule has 1 saturated heterocycles. The summed E-state index contributed by atoms with van der Waals surface area (Å²) in [6.07, 6.45) is 8.28. The maximum Gasteiger partial charge on any atom is 0.337 e. The quantitative estimate of drug-likeness (QED) is 0.627. The van der Waals surface area contributed by atoms with Crippen molar-refractivity contribution in [2.45, 2.75) is 44.1 Å². The number of nitrogens with one attached hydrogen (secondary N) is 2. The van der Waals surface area contributed by atoms with Crippen LogP contribution in [0.1, 0.15) is 54.4 Å². The number of hydrogen-bond acceptors (Lipinski definition) is 5. The van der Waals surface area contributed by atoms with Gasteiger partial charge in [0.05, 0.1) is 12.7 Å². The number of ether oxygens (including phenoxy) is 1. The predicted octanol–water partition coefficient (Wildman–Crippen LogP) is 3.45. The number of esters is 1. The average Bonchev–Trinajstić information content (AvgIpc) is 3.69. The largest absolute Gasteiger partial charge is 0.465 e. The molecule has 2 aliphatic carbocycles. The summed E-state index contributed by atoms with van der Waals surface area (Å²) in [7, 11) is 3.37. The van der Waals surface area contributed by atoms with Crippen molar-refractivity contribution >= 4 is 12.8 Å². The number of carbonyl (C=O) groups excluding carboxylic acids is 2. The summed E-state index contributed by atoms with van der Waals surface area (Å²) in [4.78, 5) is 19.2. The first kappa shape index (κ1) is 23.1. The molecule has 1 aromatic rings. The molecule has 0 unspecified atom stereocenters. The first-order valence-electron chi connectivity index (χ1n) is 9.50. The van der Waals surface area contributed by atoms with E-state index in [-0.39, 0.29) is 11.5 Å². The van der Waals surface area contributed by atoms with Gasteiger partial charge in [0.15, 0.2) is 0 Å². The Bertz CT molecular complexity index is 568. The van der Waals surface area contributed by atoms with Gasteiger partial charge >= 0.3 is 5.97 Å². The standard InChI is InChI=1S/C12H15NO2.C7H13N.C2H4.CH2O/c1-13-12(7-8-12)10-5-3-9(4-6-10)11(14)15-2;1-2-7(1)3-5-8-6-4-7;2*1-2/h3-6,13H,7-8H2,1-2H3;8H,1-6H2;1-2H2;1H2. The topological polar surface area (TPSA) is 67.4 Å². The van der Waals surface area contributed by atoms with Gasteiger partial charge < -0.3 is 20.2 Å². The van der Waals surface area contributed by atoms with Crippen molar-refractivity contribution in [3.05, 3.63) is 48.6 Å². The van der Waals surface area contributed by atoms with Gasteiger partial charge in [-0.05, 0) is 81.8 Å². The summed E-state index contributed by atoms with van der Waals surface area (Å²) in [6, 6.07) is 7.63. The van der Waals surface area contributed by atoms with Crippen molar-refractivity contribution in [1.29, 1.82) is 0 Å². The van der Waals surface area contributed by atoms with Crippen molar-refractivity contribution in [3.63, 3.8) is 0 Å². The molecule has 0 aromatic heterocycles. The molecule has 27 heavy (non-hydrogen) atoms. The van der Waals surface area contributed by atoms with Gasteiger partial charge in [-0.2, -0.15) is 0 Å². The Kier molecular flexibility index (Phi) is 9.39. The fourth-order valence-electron chi connectivity index (χ4n) is 3.49. The Morgan fingerprint density at radius 2 is 1.52 bits per heavy atom. The van der Waals surface area contributed by atoms with Gasteiger partial charge in [-0.25, -0.2) is 4.79 Å². The molecule has 2 N–H and O–H groups in total. The molecule has 0 atom stereocenters. The SMILES string of the molecule is C1CC2(CCN1)CC2.C=C.C=O.CNC1(c2ccc(C(=O)OC)cc2)CC1. The molecule has 1 heterocycles. The second-order valence-corrected chi connectivity index (χ2v) is 7.15. The van der Waals surface area contributed by atoms with Gasteiger partial charge in [0.1, 0.15) is 6.79 Å². The van der Waals surface area contributed by atoms with Crippen LogP contribution < -0.4 is 10.6 Å². The maximum atomic E-state index is 11.2. The van der Waals surface area contributed by atoms with Crippen LogP contribution in [0.4, 0.5) is 0 Å². The monoisotopic (exact) mass is 374 g/mol. The Labute approximate surface area is 163 Å². The highest BCUT2D eigenvalue weighted by molar-refractivity contribution is 5.89. The Morgan fingerprint density at radius 1 is 1.00 bits per heavy atom. The second-order valence-electron chi connectivity index (χ2n) is 7.15. The fourth-order valence-corrected chi connectivity index (χ4v) is 3.49. The lowest BCUT2D eigenvalue weighted by Crippen LogP contribution is -2.28. The maximum absolute atomic E-state index is 11.2. The summed E-state index contributed by atoms with van der Waals surface area (Å²) >= 11 is 0. The summed E-state index contributed by atoms with van der Waals surface area (Å²) in [5, 5.41) is 6.70. The van der Waals surface area contributed by atoms with E-state index in [1.807, 2.05) is 38.1 Å². The molecule has 0 amide bonds. The minimum absolute atomic E-state index is 0.161. The minimum atomic E-state index is -0.282. The zero-order chi connectivity index (χ0) is 20.3. The van der Waals surface area contributed by atoms with Gasteiger partial charge in [-0.15, -0.1) is 13.2 Å². The van der Waals surface area contributed by atoms with Gasteiger partial charge in [0, 0.05) is 5.54 Å². The molecule has 3 fully saturated rings. The van der Waals surface area contributed by atoms with Gasteiger partial charge in [-0.3, -0.25) is 0 Å². The van der Waals surface area contributed by atoms with E-state index in [1.165, 1.54) is 64.3 Å². The van der Waals surface area contributed by atoms with Gasteiger partial charge in [0.25, 0.3) is 0 Å². The van der Waals surface area contributed by atoms with Crippen molar-refractivity contribution < 1.29 is 14.3 Å². The van der Waals surface area contributed by atoms with E-state index < -0.39 is 0 Å². The van der Waals surface area contributed by atoms with E-state index in [9.17, 15) is 4.79 Å². The molecule has 0 bridgehead atoms. The Balaban J connectivity index is 0.000000255. The summed E-state index contributed by atoms with van der Waals surface area (Å²) in [5.74, 6) is -0.282. The molecule has 2 saturated carbocycles. The molecule has 1 spiro atoms. The van der Waals surface area contributed by atoms with Crippen molar-refractivity contribution in [2.24, 2.45) is 5.41 Å². The van der Waals surface area contributed by atoms with Gasteiger partial charge in [0.2, 0.25) is 0 Å². The number of piperidine rings is 1. The third-order valence-corrected chi connectivity index (χ3v) is 5.71. The van der Waals surface area contributed by atoms with E-state index in [1.54, 1.807) is 0 Å². The first-order chi connectivity index (χ1) is 13.1. The minimum Gasteiger partial charge on any atom is -0.465 e. The highest BCUT2D eigenvalue weighted by Crippen LogP contribution is 2.52. The van der Waals surface area contributed by atoms with Crippen LogP contribution in [0, 0.1) is 5.41 Å². The average molecular weight is 375 g/mol. The number of rotatable bonds is 3. The van der Waals surface area contributed by atoms with Crippen LogP contribution in [0.15, 0.2) is 37.4 Å². The van der Waals surface area contributed by atoms with E-state index in [4.69, 9.17) is 4.79 Å². The van der Waals surface area contributed by atoms with Crippen LogP contribution >= 0.6 is 0 Å². The van der Waals surface area contributed by atoms with E-state index in [0.717, 1.165) is 5.41 Å². The van der Waals surface area contributed by atoms with Crippen LogP contribution in [0.3, 0.4) is 0 Å². The van der Waals surface area contributed by atoms with Crippen LogP contribution in [-0.2, 0) is 15.1 Å². The molecule has 1 aromatic carbocycles. The lowest BCUT2D eigenvalue weighted by atomic mass is 9.95. The number of carbonyl (C=O) groups is 2. The number of benzene rings is 1. The third kappa shape index (κ3) is 6.29. The predicted molar refractivity (Wildman–Crippen MR) is 110 cm³/mol. The molecule has 5 heteroatoms. The second kappa shape index (κ2) is 11.0. The van der Waals surface area contributed by atoms with Crippen LogP contribution in [0.5, 0.6) is 0 Å². The molecule has 0 radical (unpaired) electrons. The normalized spacial score (nSPS) is 19.6. The zero-order valence-corrected chi connectivity index (χ0v) is 16.8. The van der Waals surface area contributed by atoms with Crippen molar-refractivity contribution in [2.75, 3.05) is 27.2 Å².